The van der Waals surface area contributed by atoms with Gasteiger partial charge in [0.05, 0.1) is 11.4 Å². The molecular weight excluding hydrogens is 372 g/mol. The zero-order valence-corrected chi connectivity index (χ0v) is 18.2. The molecule has 0 N–H and O–H groups in total. The molecule has 0 bridgehead atoms. The Balaban J connectivity index is 1.55. The third-order valence-corrected chi connectivity index (χ3v) is 6.33. The van der Waals surface area contributed by atoms with E-state index in [9.17, 15) is 4.79 Å². The molecular formula is C21H30N4O2S. The Morgan fingerprint density at radius 3 is 2.68 bits per heavy atom. The van der Waals surface area contributed by atoms with Gasteiger partial charge in [0.15, 0.2) is 5.82 Å². The van der Waals surface area contributed by atoms with Crippen LogP contribution in [0.15, 0.2) is 23.2 Å². The predicted octanol–water partition coefficient (Wildman–Crippen LogP) is 4.38. The molecule has 7 heteroatoms. The number of nitrogens with zero attached hydrogens (tertiary/aromatic N) is 4. The molecule has 3 rings (SSSR count). The fourth-order valence-corrected chi connectivity index (χ4v) is 4.55. The lowest BCUT2D eigenvalue weighted by Gasteiger charge is -2.36. The second-order valence-corrected chi connectivity index (χ2v) is 9.21. The van der Waals surface area contributed by atoms with Crippen molar-refractivity contribution >= 4 is 17.7 Å². The molecule has 0 aliphatic heterocycles. The first-order valence-electron chi connectivity index (χ1n) is 10.0. The number of hydrogen-bond donors (Lipinski definition) is 0. The lowest BCUT2D eigenvalue weighted by Crippen LogP contribution is -2.36. The fourth-order valence-electron chi connectivity index (χ4n) is 3.95. The molecule has 0 amide bonds. The maximum absolute atomic E-state index is 12.4. The number of aromatic nitrogens is 4. The number of rotatable bonds is 6. The molecule has 1 aliphatic carbocycles. The molecule has 1 saturated carbocycles. The van der Waals surface area contributed by atoms with Gasteiger partial charge in [-0.05, 0) is 62.6 Å². The van der Waals surface area contributed by atoms with Crippen LogP contribution < -0.4 is 0 Å². The first-order valence-corrected chi connectivity index (χ1v) is 11.0. The van der Waals surface area contributed by atoms with E-state index in [4.69, 9.17) is 4.74 Å². The van der Waals surface area contributed by atoms with Crippen LogP contribution in [0.4, 0.5) is 0 Å². The molecule has 28 heavy (non-hydrogen) atoms. The van der Waals surface area contributed by atoms with E-state index in [1.165, 1.54) is 18.2 Å². The van der Waals surface area contributed by atoms with Crippen LogP contribution >= 0.6 is 11.8 Å². The van der Waals surface area contributed by atoms with Crippen molar-refractivity contribution in [2.75, 3.05) is 5.75 Å². The monoisotopic (exact) mass is 402 g/mol. The number of carbonyl (C=O) groups excluding carboxylic acids is 1. The summed E-state index contributed by atoms with van der Waals surface area (Å²) in [6, 6.07) is 5.74. The first kappa shape index (κ1) is 20.8. The normalized spacial score (nSPS) is 22.4. The van der Waals surface area contributed by atoms with Crippen molar-refractivity contribution in [2.45, 2.75) is 65.0 Å². The van der Waals surface area contributed by atoms with Crippen molar-refractivity contribution in [3.63, 3.8) is 0 Å². The minimum Gasteiger partial charge on any atom is -0.461 e. The number of thioether (sulfide) groups is 1. The summed E-state index contributed by atoms with van der Waals surface area (Å²) in [5.41, 5.74) is 1.95. The van der Waals surface area contributed by atoms with Crippen LogP contribution in [0.2, 0.25) is 0 Å². The number of ether oxygens (including phenoxy) is 1. The molecule has 1 aliphatic rings. The quantitative estimate of drug-likeness (QED) is 0.528. The third-order valence-electron chi connectivity index (χ3n) is 5.43. The van der Waals surface area contributed by atoms with Crippen molar-refractivity contribution < 1.29 is 9.53 Å². The van der Waals surface area contributed by atoms with E-state index in [1.807, 2.05) is 32.0 Å². The lowest BCUT2D eigenvalue weighted by molar-refractivity contribution is -0.152. The molecule has 6 nitrogen and oxygen atoms in total. The summed E-state index contributed by atoms with van der Waals surface area (Å²) in [5.74, 6) is 2.38. The summed E-state index contributed by atoms with van der Waals surface area (Å²) in [6.45, 7) is 10.6. The van der Waals surface area contributed by atoms with Crippen LogP contribution in [0.5, 0.6) is 0 Å². The zero-order chi connectivity index (χ0) is 20.3. The minimum atomic E-state index is -0.167. The molecule has 3 unspecified atom stereocenters. The summed E-state index contributed by atoms with van der Waals surface area (Å²) in [5, 5.41) is 13.6. The van der Waals surface area contributed by atoms with Crippen molar-refractivity contribution in [3.05, 3.63) is 29.6 Å². The highest BCUT2D eigenvalue weighted by Crippen LogP contribution is 2.35. The fraction of sp³-hybridized carbons (Fsp3) is 0.619. The lowest BCUT2D eigenvalue weighted by atomic mass is 9.75. The topological polar surface area (TPSA) is 69.9 Å². The Morgan fingerprint density at radius 1 is 1.29 bits per heavy atom. The van der Waals surface area contributed by atoms with Crippen LogP contribution in [0.3, 0.4) is 0 Å². The molecule has 3 atom stereocenters. The molecule has 0 spiro atoms. The second-order valence-electron chi connectivity index (χ2n) is 8.21. The average Bonchev–Trinajstić information content (AvgIpc) is 2.98. The molecule has 2 aromatic heterocycles. The largest absolute Gasteiger partial charge is 0.461 e. The Morgan fingerprint density at radius 2 is 2.07 bits per heavy atom. The molecule has 0 saturated heterocycles. The number of carbonyl (C=O) groups is 1. The van der Waals surface area contributed by atoms with E-state index in [0.717, 1.165) is 24.2 Å². The SMILES string of the molecule is Cc1cc(C)n(-c2ccc(SCC(=O)OC3CC(C)CCC3C(C)C)nn2)n1. The highest BCUT2D eigenvalue weighted by atomic mass is 32.2. The number of aryl methyl sites for hydroxylation is 2. The summed E-state index contributed by atoms with van der Waals surface area (Å²) >= 11 is 1.36. The smallest absolute Gasteiger partial charge is 0.316 e. The van der Waals surface area contributed by atoms with Gasteiger partial charge in [0.25, 0.3) is 0 Å². The standard InChI is InChI=1S/C21H30N4O2S/c1-13(2)17-7-6-14(3)10-18(17)27-21(26)12-28-20-9-8-19(22-23-20)25-16(5)11-15(4)24-25/h8-9,11,13-14,17-18H,6-7,10,12H2,1-5H3. The Kier molecular flexibility index (Phi) is 6.75. The molecule has 2 heterocycles. The van der Waals surface area contributed by atoms with Gasteiger partial charge in [0.1, 0.15) is 11.1 Å². The zero-order valence-electron chi connectivity index (χ0n) is 17.4. The average molecular weight is 403 g/mol. The summed E-state index contributed by atoms with van der Waals surface area (Å²) in [7, 11) is 0. The van der Waals surface area contributed by atoms with Gasteiger partial charge in [-0.2, -0.15) is 5.10 Å². The molecule has 2 aromatic rings. The third kappa shape index (κ3) is 5.13. The van der Waals surface area contributed by atoms with Gasteiger partial charge in [-0.1, -0.05) is 39.0 Å². The van der Waals surface area contributed by atoms with Crippen molar-refractivity contribution in [1.82, 2.24) is 20.0 Å². The van der Waals surface area contributed by atoms with Crippen LogP contribution in [0.25, 0.3) is 5.82 Å². The maximum atomic E-state index is 12.4. The number of hydrogen-bond acceptors (Lipinski definition) is 6. The van der Waals surface area contributed by atoms with Crippen molar-refractivity contribution in [1.29, 1.82) is 0 Å². The summed E-state index contributed by atoms with van der Waals surface area (Å²) in [6.07, 6.45) is 3.37. The van der Waals surface area contributed by atoms with E-state index in [2.05, 4.69) is 36.1 Å². The van der Waals surface area contributed by atoms with Gasteiger partial charge >= 0.3 is 5.97 Å². The van der Waals surface area contributed by atoms with Gasteiger partial charge in [-0.3, -0.25) is 4.79 Å². The van der Waals surface area contributed by atoms with Crippen LogP contribution in [0, 0.1) is 31.6 Å². The summed E-state index contributed by atoms with van der Waals surface area (Å²) in [4.78, 5) is 12.4. The number of esters is 1. The maximum Gasteiger partial charge on any atom is 0.316 e. The Labute approximate surface area is 171 Å². The first-order chi connectivity index (χ1) is 13.3. The molecule has 1 fully saturated rings. The molecule has 0 aromatic carbocycles. The van der Waals surface area contributed by atoms with Gasteiger partial charge in [-0.15, -0.1) is 10.2 Å². The predicted molar refractivity (Wildman–Crippen MR) is 111 cm³/mol. The van der Waals surface area contributed by atoms with Crippen molar-refractivity contribution in [3.8, 4) is 5.82 Å². The molecule has 152 valence electrons. The molecule has 0 radical (unpaired) electrons. The van der Waals surface area contributed by atoms with E-state index < -0.39 is 0 Å². The van der Waals surface area contributed by atoms with Crippen LogP contribution in [-0.4, -0.2) is 37.8 Å². The van der Waals surface area contributed by atoms with E-state index >= 15 is 0 Å². The Hall–Kier alpha value is -1.89. The van der Waals surface area contributed by atoms with Gasteiger partial charge in [0, 0.05) is 5.69 Å². The highest BCUT2D eigenvalue weighted by molar-refractivity contribution is 7.99. The van der Waals surface area contributed by atoms with E-state index in [-0.39, 0.29) is 17.8 Å². The van der Waals surface area contributed by atoms with E-state index in [1.54, 1.807) is 4.68 Å². The van der Waals surface area contributed by atoms with Gasteiger partial charge in [0.2, 0.25) is 0 Å². The van der Waals surface area contributed by atoms with Gasteiger partial charge < -0.3 is 4.74 Å². The minimum absolute atomic E-state index is 0.0383. The van der Waals surface area contributed by atoms with Crippen LogP contribution in [0.1, 0.15) is 51.4 Å². The van der Waals surface area contributed by atoms with Gasteiger partial charge in [-0.25, -0.2) is 4.68 Å². The van der Waals surface area contributed by atoms with E-state index in [0.29, 0.717) is 28.6 Å². The second kappa shape index (κ2) is 9.07. The highest BCUT2D eigenvalue weighted by Gasteiger charge is 2.33. The van der Waals surface area contributed by atoms with Crippen molar-refractivity contribution in [2.24, 2.45) is 17.8 Å². The Bertz CT molecular complexity index is 803. The summed E-state index contributed by atoms with van der Waals surface area (Å²) < 4.78 is 7.61. The van der Waals surface area contributed by atoms with Crippen LogP contribution in [-0.2, 0) is 9.53 Å².